The zero-order chi connectivity index (χ0) is 45.2. The summed E-state index contributed by atoms with van der Waals surface area (Å²) in [5, 5.41) is 2.47. The van der Waals surface area contributed by atoms with Gasteiger partial charge in [-0.05, 0) is 116 Å². The Morgan fingerprint density at radius 3 is 1.34 bits per heavy atom. The number of aromatic nitrogens is 1. The lowest BCUT2D eigenvalue weighted by Crippen LogP contribution is -2.11. The quantitative estimate of drug-likeness (QED) is 0.133. The second kappa shape index (κ2) is 17.8. The first-order chi connectivity index (χ1) is 33.8. The highest BCUT2D eigenvalue weighted by atomic mass is 15.1. The molecule has 1 heterocycles. The molecule has 12 rings (SSSR count). The van der Waals surface area contributed by atoms with Crippen LogP contribution >= 0.6 is 0 Å². The van der Waals surface area contributed by atoms with E-state index in [4.69, 9.17) is 0 Å². The van der Waals surface area contributed by atoms with Gasteiger partial charge >= 0.3 is 0 Å². The minimum atomic E-state index is 1.06. The van der Waals surface area contributed by atoms with E-state index in [2.05, 4.69) is 289 Å². The lowest BCUT2D eigenvalue weighted by molar-refractivity contribution is 1.18. The van der Waals surface area contributed by atoms with Crippen molar-refractivity contribution in [1.82, 2.24) is 4.57 Å². The molecule has 0 aliphatic carbocycles. The zero-order valence-electron chi connectivity index (χ0n) is 37.5. The van der Waals surface area contributed by atoms with Gasteiger partial charge in [0.1, 0.15) is 0 Å². The third-order valence-corrected chi connectivity index (χ3v) is 13.2. The van der Waals surface area contributed by atoms with Crippen LogP contribution in [0.15, 0.2) is 279 Å². The van der Waals surface area contributed by atoms with E-state index in [1.807, 2.05) is 0 Å². The fraction of sp³-hybridized carbons (Fsp3) is 0. The molecule has 68 heavy (non-hydrogen) atoms. The molecule has 2 heteroatoms. The standard InChI is InChI=1S/C66H46N2/c1-5-23-47(24-6-1)55-35-13-14-37-60(55)65-57(49-27-9-3-10-28-49)39-21-40-58(65)50-29-19-33-53(45-50)67(62-42-17-15-36-56(62)48-25-7-2-8-26-48)54-34-20-30-51(46-54)59-41-22-44-64-66(59)61-38-16-18-43-63(61)68(64)52-31-11-4-12-32-52/h1-46H. The van der Waals surface area contributed by atoms with Crippen LogP contribution in [-0.4, -0.2) is 4.57 Å². The maximum atomic E-state index is 2.45. The van der Waals surface area contributed by atoms with Crippen LogP contribution in [0.25, 0.3) is 94.3 Å². The van der Waals surface area contributed by atoms with Crippen LogP contribution in [0.5, 0.6) is 0 Å². The molecular weight excluding hydrogens is 821 g/mol. The Morgan fingerprint density at radius 2 is 0.676 bits per heavy atom. The smallest absolute Gasteiger partial charge is 0.0547 e. The average Bonchev–Trinajstić information content (AvgIpc) is 3.77. The lowest BCUT2D eigenvalue weighted by atomic mass is 9.84. The van der Waals surface area contributed by atoms with Gasteiger partial charge in [-0.2, -0.15) is 0 Å². The number of rotatable bonds is 10. The minimum Gasteiger partial charge on any atom is -0.310 e. The van der Waals surface area contributed by atoms with Crippen LogP contribution in [0.1, 0.15) is 0 Å². The van der Waals surface area contributed by atoms with Gasteiger partial charge in [0.15, 0.2) is 0 Å². The summed E-state index contributed by atoms with van der Waals surface area (Å²) < 4.78 is 2.39. The SMILES string of the molecule is c1ccc(-c2ccccc2-c2c(-c3ccccc3)cccc2-c2cccc(N(c3cccc(-c4cccc5c4c4ccccc4n5-c4ccccc4)c3)c3ccccc3-c3ccccc3)c2)cc1. The van der Waals surface area contributed by atoms with E-state index in [1.165, 1.54) is 66.3 Å². The summed E-state index contributed by atoms with van der Waals surface area (Å²) in [5.41, 5.74) is 20.9. The summed E-state index contributed by atoms with van der Waals surface area (Å²) in [6.07, 6.45) is 0. The first-order valence-electron chi connectivity index (χ1n) is 23.3. The number of para-hydroxylation sites is 3. The van der Waals surface area contributed by atoms with Crippen molar-refractivity contribution >= 4 is 38.9 Å². The molecule has 0 saturated carbocycles. The number of hydrogen-bond acceptors (Lipinski definition) is 1. The average molecular weight is 867 g/mol. The molecule has 320 valence electrons. The van der Waals surface area contributed by atoms with Crippen molar-refractivity contribution in [2.24, 2.45) is 0 Å². The molecule has 2 nitrogen and oxygen atoms in total. The van der Waals surface area contributed by atoms with Gasteiger partial charge in [-0.1, -0.05) is 224 Å². The molecule has 0 N–H and O–H groups in total. The predicted molar refractivity (Wildman–Crippen MR) is 288 cm³/mol. The highest BCUT2D eigenvalue weighted by molar-refractivity contribution is 6.16. The Morgan fingerprint density at radius 1 is 0.265 bits per heavy atom. The zero-order valence-corrected chi connectivity index (χ0v) is 37.5. The van der Waals surface area contributed by atoms with E-state index < -0.39 is 0 Å². The summed E-state index contributed by atoms with van der Waals surface area (Å²) in [6, 6.07) is 101. The number of benzene rings is 11. The van der Waals surface area contributed by atoms with Gasteiger partial charge in [0.25, 0.3) is 0 Å². The Hall–Kier alpha value is -8.98. The van der Waals surface area contributed by atoms with Crippen molar-refractivity contribution in [1.29, 1.82) is 0 Å². The molecule has 0 saturated heterocycles. The van der Waals surface area contributed by atoms with E-state index in [-0.39, 0.29) is 0 Å². The molecule has 0 radical (unpaired) electrons. The molecule has 1 aromatic heterocycles. The fourth-order valence-corrected chi connectivity index (χ4v) is 10.2. The molecule has 0 unspecified atom stereocenters. The summed E-state index contributed by atoms with van der Waals surface area (Å²) >= 11 is 0. The third-order valence-electron chi connectivity index (χ3n) is 13.2. The Kier molecular flexibility index (Phi) is 10.6. The largest absolute Gasteiger partial charge is 0.310 e. The number of nitrogens with zero attached hydrogens (tertiary/aromatic N) is 2. The first-order valence-corrected chi connectivity index (χ1v) is 23.3. The van der Waals surface area contributed by atoms with E-state index >= 15 is 0 Å². The van der Waals surface area contributed by atoms with Crippen molar-refractivity contribution in [2.45, 2.75) is 0 Å². The van der Waals surface area contributed by atoms with Crippen LogP contribution in [0.2, 0.25) is 0 Å². The van der Waals surface area contributed by atoms with Crippen LogP contribution in [0.3, 0.4) is 0 Å². The van der Waals surface area contributed by atoms with Crippen molar-refractivity contribution in [3.63, 3.8) is 0 Å². The van der Waals surface area contributed by atoms with Crippen LogP contribution in [0.4, 0.5) is 17.1 Å². The van der Waals surface area contributed by atoms with Crippen molar-refractivity contribution in [2.75, 3.05) is 4.90 Å². The summed E-state index contributed by atoms with van der Waals surface area (Å²) in [5.74, 6) is 0. The number of fused-ring (bicyclic) bond motifs is 3. The summed E-state index contributed by atoms with van der Waals surface area (Å²) in [6.45, 7) is 0. The van der Waals surface area contributed by atoms with Crippen LogP contribution < -0.4 is 4.90 Å². The van der Waals surface area contributed by atoms with E-state index in [0.29, 0.717) is 0 Å². The second-order valence-electron chi connectivity index (χ2n) is 17.2. The van der Waals surface area contributed by atoms with E-state index in [9.17, 15) is 0 Å². The van der Waals surface area contributed by atoms with Gasteiger partial charge in [0.2, 0.25) is 0 Å². The van der Waals surface area contributed by atoms with Gasteiger partial charge < -0.3 is 9.47 Å². The van der Waals surface area contributed by atoms with Crippen molar-refractivity contribution < 1.29 is 0 Å². The van der Waals surface area contributed by atoms with E-state index in [1.54, 1.807) is 0 Å². The second-order valence-corrected chi connectivity index (χ2v) is 17.2. The highest BCUT2D eigenvalue weighted by Crippen LogP contribution is 2.48. The van der Waals surface area contributed by atoms with Gasteiger partial charge in [-0.15, -0.1) is 0 Å². The highest BCUT2D eigenvalue weighted by Gasteiger charge is 2.22. The molecule has 0 aliphatic heterocycles. The Labute approximate surface area is 397 Å². The predicted octanol–water partition coefficient (Wildman–Crippen LogP) is 18.3. The summed E-state index contributed by atoms with van der Waals surface area (Å²) in [4.78, 5) is 2.45. The molecule has 0 fully saturated rings. The van der Waals surface area contributed by atoms with Gasteiger partial charge in [-0.25, -0.2) is 0 Å². The van der Waals surface area contributed by atoms with Crippen LogP contribution in [-0.2, 0) is 0 Å². The fourth-order valence-electron chi connectivity index (χ4n) is 10.2. The normalized spacial score (nSPS) is 11.2. The lowest BCUT2D eigenvalue weighted by Gasteiger charge is -2.29. The number of anilines is 3. The monoisotopic (exact) mass is 866 g/mol. The topological polar surface area (TPSA) is 8.17 Å². The molecule has 0 atom stereocenters. The third kappa shape index (κ3) is 7.35. The van der Waals surface area contributed by atoms with Gasteiger partial charge in [0.05, 0.1) is 16.7 Å². The van der Waals surface area contributed by atoms with Gasteiger partial charge in [0, 0.05) is 33.4 Å². The minimum absolute atomic E-state index is 1.06. The Bertz CT molecular complexity index is 3720. The van der Waals surface area contributed by atoms with Crippen molar-refractivity contribution in [3.8, 4) is 72.4 Å². The maximum Gasteiger partial charge on any atom is 0.0547 e. The summed E-state index contributed by atoms with van der Waals surface area (Å²) in [7, 11) is 0. The van der Waals surface area contributed by atoms with Gasteiger partial charge in [-0.3, -0.25) is 0 Å². The molecule has 0 spiro atoms. The number of hydrogen-bond donors (Lipinski definition) is 0. The molecular formula is C66H46N2. The molecule has 0 aliphatic rings. The van der Waals surface area contributed by atoms with Crippen LogP contribution in [0, 0.1) is 0 Å². The maximum absolute atomic E-state index is 2.45. The molecule has 0 amide bonds. The van der Waals surface area contributed by atoms with E-state index in [0.717, 1.165) is 45.0 Å². The molecule has 11 aromatic carbocycles. The van der Waals surface area contributed by atoms with Crippen molar-refractivity contribution in [3.05, 3.63) is 279 Å². The Balaban J connectivity index is 1.07. The first kappa shape index (κ1) is 40.5. The molecule has 0 bridgehead atoms. The molecule has 12 aromatic rings.